The summed E-state index contributed by atoms with van der Waals surface area (Å²) in [7, 11) is 0. The molecule has 0 amide bonds. The van der Waals surface area contributed by atoms with Crippen molar-refractivity contribution in [3.8, 4) is 17.3 Å². The molecule has 0 aliphatic carbocycles. The minimum absolute atomic E-state index is 0.315. The third-order valence-electron chi connectivity index (χ3n) is 5.51. The first-order chi connectivity index (χ1) is 13.1. The van der Waals surface area contributed by atoms with Crippen LogP contribution in [0.4, 0.5) is 0 Å². The molecule has 3 heterocycles. The summed E-state index contributed by atoms with van der Waals surface area (Å²) in [5.74, 6) is 0.926. The lowest BCUT2D eigenvalue weighted by Gasteiger charge is -2.23. The average molecular weight is 379 g/mol. The molecule has 0 unspecified atom stereocenters. The molecule has 2 aromatic heterocycles. The van der Waals surface area contributed by atoms with Crippen molar-refractivity contribution in [2.75, 3.05) is 13.1 Å². The lowest BCUT2D eigenvalue weighted by Crippen LogP contribution is -2.26. The van der Waals surface area contributed by atoms with Gasteiger partial charge in [0.05, 0.1) is 11.3 Å². The van der Waals surface area contributed by atoms with E-state index in [0.717, 1.165) is 29.9 Å². The van der Waals surface area contributed by atoms with Crippen molar-refractivity contribution in [1.29, 1.82) is 5.26 Å². The molecule has 0 radical (unpaired) electrons. The summed E-state index contributed by atoms with van der Waals surface area (Å²) >= 11 is 6.14. The Morgan fingerprint density at radius 2 is 2.00 bits per heavy atom. The summed E-state index contributed by atoms with van der Waals surface area (Å²) in [6, 6.07) is 10.8. The highest BCUT2D eigenvalue weighted by Gasteiger charge is 2.21. The molecule has 1 saturated heterocycles. The summed E-state index contributed by atoms with van der Waals surface area (Å²) in [5, 5.41) is 14.6. The minimum Gasteiger partial charge on any atom is -0.354 e. The van der Waals surface area contributed by atoms with Crippen molar-refractivity contribution >= 4 is 22.5 Å². The predicted octanol–water partition coefficient (Wildman–Crippen LogP) is 5.35. The molecule has 1 aromatic carbocycles. The number of hydrogen-bond acceptors (Lipinski definition) is 3. The highest BCUT2D eigenvalue weighted by molar-refractivity contribution is 6.29. The molecule has 1 aliphatic heterocycles. The molecule has 0 saturated carbocycles. The Balaban J connectivity index is 1.91. The lowest BCUT2D eigenvalue weighted by molar-refractivity contribution is 0.460. The first-order valence-electron chi connectivity index (χ1n) is 9.50. The number of aromatic nitrogens is 2. The number of nitriles is 1. The van der Waals surface area contributed by atoms with Crippen LogP contribution in [0.2, 0.25) is 5.15 Å². The van der Waals surface area contributed by atoms with E-state index in [0.29, 0.717) is 22.6 Å². The van der Waals surface area contributed by atoms with Crippen LogP contribution in [-0.4, -0.2) is 23.1 Å². The monoisotopic (exact) mass is 378 g/mol. The molecular weight excluding hydrogens is 356 g/mol. The fourth-order valence-electron chi connectivity index (χ4n) is 4.18. The van der Waals surface area contributed by atoms with Crippen LogP contribution < -0.4 is 5.32 Å². The topological polar surface area (TPSA) is 64.5 Å². The van der Waals surface area contributed by atoms with Gasteiger partial charge in [0.15, 0.2) is 0 Å². The van der Waals surface area contributed by atoms with E-state index in [1.165, 1.54) is 29.4 Å². The van der Waals surface area contributed by atoms with Crippen molar-refractivity contribution in [3.63, 3.8) is 0 Å². The molecule has 0 bridgehead atoms. The van der Waals surface area contributed by atoms with Gasteiger partial charge in [-0.2, -0.15) is 5.26 Å². The van der Waals surface area contributed by atoms with Crippen LogP contribution in [0.5, 0.6) is 0 Å². The normalized spacial score (nSPS) is 15.4. The maximum Gasteiger partial charge on any atom is 0.129 e. The number of piperidine rings is 1. The molecular formula is C22H23ClN4. The predicted molar refractivity (Wildman–Crippen MR) is 110 cm³/mol. The van der Waals surface area contributed by atoms with Crippen molar-refractivity contribution < 1.29 is 0 Å². The van der Waals surface area contributed by atoms with Crippen LogP contribution in [-0.2, 0) is 0 Å². The number of nitrogens with one attached hydrogen (secondary N) is 2. The van der Waals surface area contributed by atoms with Crippen molar-refractivity contribution in [2.45, 2.75) is 38.5 Å². The number of pyridine rings is 1. The highest BCUT2D eigenvalue weighted by Crippen LogP contribution is 2.39. The van der Waals surface area contributed by atoms with E-state index in [2.05, 4.69) is 53.4 Å². The number of nitrogens with zero attached hydrogens (tertiary/aromatic N) is 2. The lowest BCUT2D eigenvalue weighted by atomic mass is 9.88. The van der Waals surface area contributed by atoms with Gasteiger partial charge in [0.1, 0.15) is 11.2 Å². The zero-order valence-electron chi connectivity index (χ0n) is 15.6. The molecule has 27 heavy (non-hydrogen) atoms. The van der Waals surface area contributed by atoms with Crippen LogP contribution in [0.1, 0.15) is 55.2 Å². The van der Waals surface area contributed by atoms with Crippen molar-refractivity contribution in [1.82, 2.24) is 15.3 Å². The first-order valence-corrected chi connectivity index (χ1v) is 9.88. The summed E-state index contributed by atoms with van der Waals surface area (Å²) in [6.45, 7) is 6.55. The molecule has 1 fully saturated rings. The Hall–Kier alpha value is -2.35. The van der Waals surface area contributed by atoms with E-state index in [1.54, 1.807) is 12.3 Å². The van der Waals surface area contributed by atoms with Gasteiger partial charge >= 0.3 is 0 Å². The van der Waals surface area contributed by atoms with E-state index >= 15 is 0 Å². The van der Waals surface area contributed by atoms with Crippen LogP contribution in [0.3, 0.4) is 0 Å². The number of hydrogen-bond donors (Lipinski definition) is 2. The first kappa shape index (κ1) is 18.0. The molecule has 2 N–H and O–H groups in total. The molecule has 5 heteroatoms. The van der Waals surface area contributed by atoms with Crippen molar-refractivity contribution in [2.24, 2.45) is 0 Å². The summed E-state index contributed by atoms with van der Waals surface area (Å²) in [4.78, 5) is 7.61. The average Bonchev–Trinajstić information content (AvgIpc) is 3.07. The number of H-pyrrole nitrogens is 1. The fourth-order valence-corrected chi connectivity index (χ4v) is 4.34. The van der Waals surface area contributed by atoms with Crippen LogP contribution in [0.15, 0.2) is 30.5 Å². The van der Waals surface area contributed by atoms with Gasteiger partial charge in [-0.25, -0.2) is 4.98 Å². The van der Waals surface area contributed by atoms with Crippen molar-refractivity contribution in [3.05, 3.63) is 52.3 Å². The molecule has 0 spiro atoms. The zero-order valence-corrected chi connectivity index (χ0v) is 16.4. The van der Waals surface area contributed by atoms with Gasteiger partial charge in [-0.1, -0.05) is 31.5 Å². The van der Waals surface area contributed by atoms with Gasteiger partial charge in [-0.3, -0.25) is 0 Å². The Labute approximate surface area is 164 Å². The third kappa shape index (κ3) is 3.34. The largest absolute Gasteiger partial charge is 0.354 e. The summed E-state index contributed by atoms with van der Waals surface area (Å²) < 4.78 is 0. The molecule has 3 aromatic rings. The molecule has 138 valence electrons. The quantitative estimate of drug-likeness (QED) is 0.604. The van der Waals surface area contributed by atoms with Crippen LogP contribution in [0.25, 0.3) is 22.2 Å². The Morgan fingerprint density at radius 3 is 2.70 bits per heavy atom. The third-order valence-corrected chi connectivity index (χ3v) is 5.72. The van der Waals surface area contributed by atoms with Gasteiger partial charge in [-0.15, -0.1) is 0 Å². The van der Waals surface area contributed by atoms with Gasteiger partial charge in [0.2, 0.25) is 0 Å². The second-order valence-electron chi connectivity index (χ2n) is 7.56. The standard InChI is InChI=1S/C22H23ClN4/c1-13(2)21-18-9-15(14-5-7-25-8-6-14)3-4-19(18)27-22(21)17-10-20(23)26-12-16(17)11-24/h3-4,9-10,12-14,25,27H,5-8H2,1-2H3. The number of fused-ring (bicyclic) bond motifs is 1. The maximum absolute atomic E-state index is 9.54. The van der Waals surface area contributed by atoms with E-state index in [1.807, 2.05) is 0 Å². The van der Waals surface area contributed by atoms with Crippen LogP contribution in [0, 0.1) is 11.3 Å². The van der Waals surface area contributed by atoms with Gasteiger partial charge < -0.3 is 10.3 Å². The molecule has 1 aliphatic rings. The zero-order chi connectivity index (χ0) is 19.0. The minimum atomic E-state index is 0.315. The number of rotatable bonds is 3. The Kier molecular flexibility index (Phi) is 4.90. The summed E-state index contributed by atoms with van der Waals surface area (Å²) in [5.41, 5.74) is 6.07. The van der Waals surface area contributed by atoms with E-state index in [9.17, 15) is 5.26 Å². The molecule has 4 nitrogen and oxygen atoms in total. The van der Waals surface area contributed by atoms with Crippen LogP contribution >= 0.6 is 11.6 Å². The van der Waals surface area contributed by atoms with Gasteiger partial charge in [0, 0.05) is 22.7 Å². The highest BCUT2D eigenvalue weighted by atomic mass is 35.5. The second kappa shape index (κ2) is 7.34. The number of halogens is 1. The fraction of sp³-hybridized carbons (Fsp3) is 0.364. The smallest absolute Gasteiger partial charge is 0.129 e. The van der Waals surface area contributed by atoms with E-state index < -0.39 is 0 Å². The number of aromatic amines is 1. The molecule has 4 rings (SSSR count). The van der Waals surface area contributed by atoms with E-state index in [4.69, 9.17) is 11.6 Å². The second-order valence-corrected chi connectivity index (χ2v) is 7.95. The Bertz CT molecular complexity index is 1020. The Morgan fingerprint density at radius 1 is 1.22 bits per heavy atom. The van der Waals surface area contributed by atoms with Gasteiger partial charge in [0.25, 0.3) is 0 Å². The molecule has 0 atom stereocenters. The van der Waals surface area contributed by atoms with Gasteiger partial charge in [-0.05, 0) is 67.1 Å². The maximum atomic E-state index is 9.54. The number of benzene rings is 1. The SMILES string of the molecule is CC(C)c1c(-c2cc(Cl)ncc2C#N)[nH]c2ccc(C3CCNCC3)cc12. The summed E-state index contributed by atoms with van der Waals surface area (Å²) in [6.07, 6.45) is 3.91. The van der Waals surface area contributed by atoms with E-state index in [-0.39, 0.29) is 0 Å².